The van der Waals surface area contributed by atoms with Gasteiger partial charge in [-0.05, 0) is 44.0 Å². The Morgan fingerprint density at radius 3 is 2.39 bits per heavy atom. The number of imide groups is 1. The molecule has 2 aliphatic heterocycles. The van der Waals surface area contributed by atoms with Crippen molar-refractivity contribution in [3.63, 3.8) is 0 Å². The highest BCUT2D eigenvalue weighted by Gasteiger charge is 2.41. The zero-order valence-corrected chi connectivity index (χ0v) is 13.3. The van der Waals surface area contributed by atoms with Gasteiger partial charge in [-0.2, -0.15) is 0 Å². The van der Waals surface area contributed by atoms with Gasteiger partial charge in [0.15, 0.2) is 0 Å². The molecule has 124 valence electrons. The zero-order chi connectivity index (χ0) is 16.4. The number of carbonyl (C=O) groups is 2. The van der Waals surface area contributed by atoms with Gasteiger partial charge in [-0.15, -0.1) is 0 Å². The van der Waals surface area contributed by atoms with E-state index in [-0.39, 0.29) is 23.7 Å². The Morgan fingerprint density at radius 1 is 1.17 bits per heavy atom. The first-order chi connectivity index (χ1) is 11.1. The molecule has 2 aliphatic rings. The van der Waals surface area contributed by atoms with Crippen LogP contribution in [0.1, 0.15) is 26.2 Å². The molecule has 0 unspecified atom stereocenters. The molecular formula is C17H22FN3O2. The molecule has 0 bridgehead atoms. The number of amides is 2. The van der Waals surface area contributed by atoms with E-state index in [1.807, 2.05) is 6.92 Å². The average Bonchev–Trinajstić information content (AvgIpc) is 2.84. The monoisotopic (exact) mass is 319 g/mol. The van der Waals surface area contributed by atoms with Crippen LogP contribution in [0.2, 0.25) is 0 Å². The van der Waals surface area contributed by atoms with Crippen molar-refractivity contribution in [1.82, 2.24) is 9.80 Å². The molecule has 0 saturated carbocycles. The molecule has 2 fully saturated rings. The number of benzene rings is 1. The summed E-state index contributed by atoms with van der Waals surface area (Å²) in [7, 11) is 0. The van der Waals surface area contributed by atoms with Crippen LogP contribution >= 0.6 is 0 Å². The van der Waals surface area contributed by atoms with Crippen molar-refractivity contribution in [2.24, 2.45) is 0 Å². The summed E-state index contributed by atoms with van der Waals surface area (Å²) in [5.41, 5.74) is 0.911. The first kappa shape index (κ1) is 15.9. The highest BCUT2D eigenvalue weighted by molar-refractivity contribution is 6.05. The number of nitrogens with one attached hydrogen (secondary N) is 1. The number of hydrogen-bond donors (Lipinski definition) is 1. The Bertz CT molecular complexity index is 582. The second-order valence-electron chi connectivity index (χ2n) is 6.16. The minimum absolute atomic E-state index is 0.0533. The molecule has 1 N–H and O–H groups in total. The van der Waals surface area contributed by atoms with E-state index < -0.39 is 0 Å². The second-order valence-corrected chi connectivity index (χ2v) is 6.16. The lowest BCUT2D eigenvalue weighted by molar-refractivity contribution is -0.139. The molecule has 2 amide bonds. The van der Waals surface area contributed by atoms with Crippen LogP contribution in [0.25, 0.3) is 0 Å². The number of anilines is 1. The average molecular weight is 319 g/mol. The van der Waals surface area contributed by atoms with Gasteiger partial charge < -0.3 is 5.32 Å². The number of piperidine rings is 1. The molecular weight excluding hydrogens is 297 g/mol. The van der Waals surface area contributed by atoms with Crippen molar-refractivity contribution in [2.75, 3.05) is 25.0 Å². The number of rotatable bonds is 4. The van der Waals surface area contributed by atoms with Gasteiger partial charge in [-0.3, -0.25) is 19.4 Å². The molecule has 0 aliphatic carbocycles. The number of halogens is 1. The Labute approximate surface area is 135 Å². The number of likely N-dealkylation sites (N-methyl/N-ethyl adjacent to an activating group) is 1. The highest BCUT2D eigenvalue weighted by Crippen LogP contribution is 2.24. The van der Waals surface area contributed by atoms with Crippen molar-refractivity contribution < 1.29 is 14.0 Å². The van der Waals surface area contributed by atoms with Crippen LogP contribution in [0.4, 0.5) is 10.1 Å². The van der Waals surface area contributed by atoms with Crippen LogP contribution in [0.3, 0.4) is 0 Å². The molecule has 2 saturated heterocycles. The van der Waals surface area contributed by atoms with Gasteiger partial charge in [-0.25, -0.2) is 4.39 Å². The van der Waals surface area contributed by atoms with Gasteiger partial charge in [0.1, 0.15) is 5.82 Å². The topological polar surface area (TPSA) is 52.7 Å². The maximum absolute atomic E-state index is 12.9. The van der Waals surface area contributed by atoms with Gasteiger partial charge >= 0.3 is 0 Å². The Balaban J connectivity index is 1.53. The quantitative estimate of drug-likeness (QED) is 0.861. The fraction of sp³-hybridized carbons (Fsp3) is 0.529. The summed E-state index contributed by atoms with van der Waals surface area (Å²) >= 11 is 0. The first-order valence-corrected chi connectivity index (χ1v) is 8.19. The van der Waals surface area contributed by atoms with Gasteiger partial charge in [0.05, 0.1) is 12.5 Å². The molecule has 1 atom stereocenters. The molecule has 5 nitrogen and oxygen atoms in total. The maximum Gasteiger partial charge on any atom is 0.247 e. The van der Waals surface area contributed by atoms with Crippen LogP contribution < -0.4 is 5.32 Å². The standard InChI is InChI=1S/C17H22FN3O2/c1-2-21-16(22)11-15(17(21)23)20-9-7-14(8-10-20)19-13-5-3-12(18)4-6-13/h3-6,14-15,19H,2,7-11H2,1H3/t15-/m1/s1. The third-order valence-electron chi connectivity index (χ3n) is 4.72. The Hall–Kier alpha value is -1.95. The SMILES string of the molecule is CCN1C(=O)C[C@@H](N2CCC(Nc3ccc(F)cc3)CC2)C1=O. The molecule has 0 radical (unpaired) electrons. The van der Waals surface area contributed by atoms with Crippen molar-refractivity contribution in [3.05, 3.63) is 30.1 Å². The number of carbonyl (C=O) groups excluding carboxylic acids is 2. The van der Waals surface area contributed by atoms with E-state index in [0.717, 1.165) is 31.6 Å². The second kappa shape index (κ2) is 6.66. The van der Waals surface area contributed by atoms with Crippen LogP contribution in [0, 0.1) is 5.82 Å². The fourth-order valence-corrected chi connectivity index (χ4v) is 3.42. The van der Waals surface area contributed by atoms with Crippen LogP contribution in [-0.4, -0.2) is 53.3 Å². The van der Waals surface area contributed by atoms with Crippen molar-refractivity contribution in [1.29, 1.82) is 0 Å². The van der Waals surface area contributed by atoms with Gasteiger partial charge in [-0.1, -0.05) is 0 Å². The summed E-state index contributed by atoms with van der Waals surface area (Å²) in [4.78, 5) is 27.6. The fourth-order valence-electron chi connectivity index (χ4n) is 3.42. The highest BCUT2D eigenvalue weighted by atomic mass is 19.1. The van der Waals surface area contributed by atoms with E-state index in [1.54, 1.807) is 12.1 Å². The van der Waals surface area contributed by atoms with E-state index in [4.69, 9.17) is 0 Å². The van der Waals surface area contributed by atoms with Gasteiger partial charge in [0.25, 0.3) is 0 Å². The van der Waals surface area contributed by atoms with E-state index in [0.29, 0.717) is 19.0 Å². The molecule has 3 rings (SSSR count). The molecule has 6 heteroatoms. The summed E-state index contributed by atoms with van der Waals surface area (Å²) in [5.74, 6) is -0.355. The van der Waals surface area contributed by atoms with E-state index in [9.17, 15) is 14.0 Å². The van der Waals surface area contributed by atoms with Crippen molar-refractivity contribution in [2.45, 2.75) is 38.3 Å². The largest absolute Gasteiger partial charge is 0.382 e. The van der Waals surface area contributed by atoms with E-state index in [2.05, 4.69) is 10.2 Å². The number of likely N-dealkylation sites (tertiary alicyclic amines) is 2. The Kier molecular flexibility index (Phi) is 4.61. The molecule has 23 heavy (non-hydrogen) atoms. The van der Waals surface area contributed by atoms with Crippen molar-refractivity contribution >= 4 is 17.5 Å². The van der Waals surface area contributed by atoms with Crippen LogP contribution in [0.5, 0.6) is 0 Å². The first-order valence-electron chi connectivity index (χ1n) is 8.19. The third-order valence-corrected chi connectivity index (χ3v) is 4.72. The smallest absolute Gasteiger partial charge is 0.247 e. The summed E-state index contributed by atoms with van der Waals surface area (Å²) < 4.78 is 12.9. The van der Waals surface area contributed by atoms with Crippen LogP contribution in [0.15, 0.2) is 24.3 Å². The minimum Gasteiger partial charge on any atom is -0.382 e. The third kappa shape index (κ3) is 3.37. The summed E-state index contributed by atoms with van der Waals surface area (Å²) in [6.45, 7) is 3.87. The number of hydrogen-bond acceptors (Lipinski definition) is 4. The van der Waals surface area contributed by atoms with Crippen LogP contribution in [-0.2, 0) is 9.59 Å². The summed E-state index contributed by atoms with van der Waals surface area (Å²) in [6, 6.07) is 6.39. The minimum atomic E-state index is -0.283. The van der Waals surface area contributed by atoms with Crippen molar-refractivity contribution in [3.8, 4) is 0 Å². The predicted octanol–water partition coefficient (Wildman–Crippen LogP) is 1.85. The maximum atomic E-state index is 12.9. The van der Waals surface area contributed by atoms with Gasteiger partial charge in [0.2, 0.25) is 11.8 Å². The zero-order valence-electron chi connectivity index (χ0n) is 13.3. The Morgan fingerprint density at radius 2 is 1.83 bits per heavy atom. The van der Waals surface area contributed by atoms with E-state index >= 15 is 0 Å². The number of nitrogens with zero attached hydrogens (tertiary/aromatic N) is 2. The lowest BCUT2D eigenvalue weighted by atomic mass is 10.0. The normalized spacial score (nSPS) is 23.6. The molecule has 1 aromatic rings. The predicted molar refractivity (Wildman–Crippen MR) is 85.4 cm³/mol. The molecule has 2 heterocycles. The lowest BCUT2D eigenvalue weighted by Crippen LogP contribution is -2.47. The summed E-state index contributed by atoms with van der Waals surface area (Å²) in [6.07, 6.45) is 2.12. The van der Waals surface area contributed by atoms with E-state index in [1.165, 1.54) is 17.0 Å². The molecule has 0 spiro atoms. The molecule has 0 aromatic heterocycles. The molecule has 1 aromatic carbocycles. The van der Waals surface area contributed by atoms with Gasteiger partial charge in [0, 0.05) is 31.4 Å². The lowest BCUT2D eigenvalue weighted by Gasteiger charge is -2.35. The summed E-state index contributed by atoms with van der Waals surface area (Å²) in [5, 5.41) is 3.40.